The molecular weight excluding hydrogens is 253 g/mol. The molecule has 0 amide bonds. The summed E-state index contributed by atoms with van der Waals surface area (Å²) < 4.78 is 62.2. The fourth-order valence-electron chi connectivity index (χ4n) is 1.67. The highest BCUT2D eigenvalue weighted by Gasteiger charge is 2.28. The molecule has 1 unspecified atom stereocenters. The number of benzene rings is 1. The maximum Gasteiger partial charge on any atom is 0.389 e. The van der Waals surface area contributed by atoms with E-state index in [-0.39, 0.29) is 6.42 Å². The van der Waals surface area contributed by atoms with Crippen molar-refractivity contribution in [1.29, 1.82) is 0 Å². The molecule has 0 radical (unpaired) electrons. The van der Waals surface area contributed by atoms with E-state index in [1.54, 1.807) is 6.92 Å². The largest absolute Gasteiger partial charge is 0.389 e. The van der Waals surface area contributed by atoms with E-state index in [0.717, 1.165) is 12.1 Å². The van der Waals surface area contributed by atoms with Crippen LogP contribution < -0.4 is 5.32 Å². The third-order valence-electron chi connectivity index (χ3n) is 2.51. The fourth-order valence-corrected chi connectivity index (χ4v) is 1.67. The average molecular weight is 267 g/mol. The molecule has 0 aliphatic rings. The third-order valence-corrected chi connectivity index (χ3v) is 2.51. The minimum Gasteiger partial charge on any atom is -0.310 e. The Morgan fingerprint density at radius 3 is 2.33 bits per heavy atom. The van der Waals surface area contributed by atoms with Crippen LogP contribution in [0.3, 0.4) is 0 Å². The average Bonchev–Trinajstić information content (AvgIpc) is 2.27. The van der Waals surface area contributed by atoms with E-state index in [4.69, 9.17) is 0 Å². The summed E-state index contributed by atoms with van der Waals surface area (Å²) in [5, 5.41) is 2.83. The zero-order valence-corrected chi connectivity index (χ0v) is 9.82. The van der Waals surface area contributed by atoms with E-state index in [2.05, 4.69) is 5.32 Å². The van der Waals surface area contributed by atoms with E-state index in [0.29, 0.717) is 12.1 Å². The zero-order chi connectivity index (χ0) is 13.8. The minimum absolute atomic E-state index is 0.206. The van der Waals surface area contributed by atoms with Crippen LogP contribution in [-0.4, -0.2) is 12.7 Å². The van der Waals surface area contributed by atoms with Gasteiger partial charge in [-0.2, -0.15) is 13.2 Å². The minimum atomic E-state index is -4.26. The molecule has 102 valence electrons. The Labute approximate surface area is 102 Å². The molecule has 0 heterocycles. The third kappa shape index (κ3) is 4.60. The Morgan fingerprint density at radius 2 is 1.83 bits per heavy atom. The lowest BCUT2D eigenvalue weighted by molar-refractivity contribution is -0.136. The molecule has 1 rings (SSSR count). The normalized spacial score (nSPS) is 13.7. The van der Waals surface area contributed by atoms with Crippen LogP contribution in [0.2, 0.25) is 0 Å². The number of rotatable bonds is 5. The second kappa shape index (κ2) is 6.13. The van der Waals surface area contributed by atoms with Crippen molar-refractivity contribution in [1.82, 2.24) is 5.32 Å². The summed E-state index contributed by atoms with van der Waals surface area (Å²) in [6, 6.07) is 2.51. The van der Waals surface area contributed by atoms with Gasteiger partial charge in [0.1, 0.15) is 0 Å². The smallest absolute Gasteiger partial charge is 0.310 e. The van der Waals surface area contributed by atoms with Crippen molar-refractivity contribution in [3.63, 3.8) is 0 Å². The van der Waals surface area contributed by atoms with Crippen molar-refractivity contribution < 1.29 is 22.0 Å². The molecule has 18 heavy (non-hydrogen) atoms. The van der Waals surface area contributed by atoms with Gasteiger partial charge in [0.05, 0.1) is 0 Å². The summed E-state index contributed by atoms with van der Waals surface area (Å²) in [6.07, 6.45) is -5.43. The molecule has 0 aliphatic heterocycles. The van der Waals surface area contributed by atoms with E-state index in [1.807, 2.05) is 0 Å². The fraction of sp³-hybridized carbons (Fsp3) is 0.500. The second-order valence-electron chi connectivity index (χ2n) is 3.94. The maximum atomic E-state index is 13.0. The van der Waals surface area contributed by atoms with Crippen molar-refractivity contribution in [3.05, 3.63) is 35.4 Å². The topological polar surface area (TPSA) is 12.0 Å². The summed E-state index contributed by atoms with van der Waals surface area (Å²) in [5.74, 6) is -2.06. The van der Waals surface area contributed by atoms with Gasteiger partial charge in [0.2, 0.25) is 0 Å². The first-order valence-corrected chi connectivity index (χ1v) is 5.58. The van der Waals surface area contributed by atoms with Gasteiger partial charge in [-0.15, -0.1) is 0 Å². The SMILES string of the molecule is CCNC(CCC(F)(F)F)c1ccc(F)c(F)c1. The highest BCUT2D eigenvalue weighted by molar-refractivity contribution is 5.21. The van der Waals surface area contributed by atoms with E-state index in [9.17, 15) is 22.0 Å². The Kier molecular flexibility index (Phi) is 5.07. The quantitative estimate of drug-likeness (QED) is 0.796. The Hall–Kier alpha value is -1.17. The van der Waals surface area contributed by atoms with Crippen molar-refractivity contribution in [3.8, 4) is 0 Å². The molecular formula is C12H14F5N. The van der Waals surface area contributed by atoms with Gasteiger partial charge in [-0.05, 0) is 30.7 Å². The van der Waals surface area contributed by atoms with Gasteiger partial charge in [-0.3, -0.25) is 0 Å². The summed E-state index contributed by atoms with van der Waals surface area (Å²) in [5.41, 5.74) is 0.319. The maximum absolute atomic E-state index is 13.0. The Balaban J connectivity index is 2.80. The monoisotopic (exact) mass is 267 g/mol. The van der Waals surface area contributed by atoms with E-state index in [1.165, 1.54) is 6.07 Å². The van der Waals surface area contributed by atoms with Crippen molar-refractivity contribution >= 4 is 0 Å². The van der Waals surface area contributed by atoms with Gasteiger partial charge in [0.15, 0.2) is 11.6 Å². The standard InChI is InChI=1S/C12H14F5N/c1-2-18-11(5-6-12(15,16)17)8-3-4-9(13)10(14)7-8/h3-4,7,11,18H,2,5-6H2,1H3. The summed E-state index contributed by atoms with van der Waals surface area (Å²) in [4.78, 5) is 0. The first-order chi connectivity index (χ1) is 8.33. The van der Waals surface area contributed by atoms with E-state index >= 15 is 0 Å². The molecule has 1 aromatic rings. The predicted octanol–water partition coefficient (Wildman–Crippen LogP) is 3.96. The lowest BCUT2D eigenvalue weighted by atomic mass is 10.0. The van der Waals surface area contributed by atoms with Crippen molar-refractivity contribution in [2.75, 3.05) is 6.54 Å². The van der Waals surface area contributed by atoms with Gasteiger partial charge in [0, 0.05) is 12.5 Å². The van der Waals surface area contributed by atoms with Crippen molar-refractivity contribution in [2.45, 2.75) is 32.0 Å². The second-order valence-corrected chi connectivity index (χ2v) is 3.94. The number of nitrogens with one attached hydrogen (secondary N) is 1. The molecule has 1 N–H and O–H groups in total. The molecule has 0 bridgehead atoms. The molecule has 0 fully saturated rings. The number of alkyl halides is 3. The molecule has 0 aliphatic carbocycles. The van der Waals surface area contributed by atoms with Crippen LogP contribution in [0.5, 0.6) is 0 Å². The van der Waals surface area contributed by atoms with Gasteiger partial charge < -0.3 is 5.32 Å². The van der Waals surface area contributed by atoms with Crippen LogP contribution in [0.4, 0.5) is 22.0 Å². The molecule has 1 atom stereocenters. The van der Waals surface area contributed by atoms with Crippen molar-refractivity contribution in [2.24, 2.45) is 0 Å². The van der Waals surface area contributed by atoms with Crippen LogP contribution in [0, 0.1) is 11.6 Å². The first-order valence-electron chi connectivity index (χ1n) is 5.58. The molecule has 0 saturated heterocycles. The van der Waals surface area contributed by atoms with Gasteiger partial charge in [-0.1, -0.05) is 13.0 Å². The lowest BCUT2D eigenvalue weighted by Crippen LogP contribution is -2.23. The van der Waals surface area contributed by atoms with Gasteiger partial charge in [-0.25, -0.2) is 8.78 Å². The van der Waals surface area contributed by atoms with Crippen LogP contribution in [-0.2, 0) is 0 Å². The Bertz CT molecular complexity index is 389. The van der Waals surface area contributed by atoms with Crippen LogP contribution in [0.25, 0.3) is 0 Å². The van der Waals surface area contributed by atoms with Gasteiger partial charge in [0.25, 0.3) is 0 Å². The number of halogens is 5. The molecule has 6 heteroatoms. The van der Waals surface area contributed by atoms with Crippen LogP contribution in [0.15, 0.2) is 18.2 Å². The van der Waals surface area contributed by atoms with E-state index < -0.39 is 30.3 Å². The molecule has 0 aromatic heterocycles. The number of hydrogen-bond acceptors (Lipinski definition) is 1. The van der Waals surface area contributed by atoms with Crippen LogP contribution in [0.1, 0.15) is 31.4 Å². The molecule has 1 aromatic carbocycles. The summed E-state index contributed by atoms with van der Waals surface area (Å²) >= 11 is 0. The first kappa shape index (κ1) is 14.9. The summed E-state index contributed by atoms with van der Waals surface area (Å²) in [6.45, 7) is 2.18. The Morgan fingerprint density at radius 1 is 1.17 bits per heavy atom. The molecule has 1 nitrogen and oxygen atoms in total. The molecule has 0 spiro atoms. The number of hydrogen-bond donors (Lipinski definition) is 1. The summed E-state index contributed by atoms with van der Waals surface area (Å²) in [7, 11) is 0. The van der Waals surface area contributed by atoms with Gasteiger partial charge >= 0.3 is 6.18 Å². The lowest BCUT2D eigenvalue weighted by Gasteiger charge is -2.19. The highest BCUT2D eigenvalue weighted by atomic mass is 19.4. The van der Waals surface area contributed by atoms with Crippen LogP contribution >= 0.6 is 0 Å². The molecule has 0 saturated carbocycles. The highest BCUT2D eigenvalue weighted by Crippen LogP contribution is 2.28. The predicted molar refractivity (Wildman–Crippen MR) is 58.1 cm³/mol. The zero-order valence-electron chi connectivity index (χ0n) is 9.82.